The normalized spacial score (nSPS) is 10.5. The van der Waals surface area contributed by atoms with Crippen molar-refractivity contribution in [3.63, 3.8) is 0 Å². The summed E-state index contributed by atoms with van der Waals surface area (Å²) in [4.78, 5) is 13.1. The van der Waals surface area contributed by atoms with Crippen LogP contribution < -0.4 is 0 Å². The summed E-state index contributed by atoms with van der Waals surface area (Å²) < 4.78 is 23.7. The first-order valence-electron chi connectivity index (χ1n) is 5.22. The number of nitrogens with zero attached hydrogens (tertiary/aromatic N) is 1. The Bertz CT molecular complexity index is 217. The fourth-order valence-corrected chi connectivity index (χ4v) is 1.27. The van der Waals surface area contributed by atoms with Crippen molar-refractivity contribution in [3.05, 3.63) is 12.2 Å². The minimum atomic E-state index is -2.24. The van der Waals surface area contributed by atoms with Gasteiger partial charge in [0.1, 0.15) is 0 Å². The molecule has 0 rings (SSSR count). The Balaban J connectivity index is 3.81. The molecule has 88 valence electrons. The molecule has 0 spiro atoms. The first-order valence-corrected chi connectivity index (χ1v) is 5.22. The van der Waals surface area contributed by atoms with Gasteiger partial charge in [0.25, 0.3) is 0 Å². The second-order valence-corrected chi connectivity index (χ2v) is 3.55. The minimum Gasteiger partial charge on any atom is -0.339 e. The van der Waals surface area contributed by atoms with E-state index < -0.39 is 6.43 Å². The average molecular weight is 219 g/mol. The molecule has 0 fully saturated rings. The topological polar surface area (TPSA) is 20.3 Å². The molecule has 0 radical (unpaired) electrons. The molecule has 0 saturated carbocycles. The number of hydrogen-bond acceptors (Lipinski definition) is 1. The van der Waals surface area contributed by atoms with Crippen LogP contribution in [0.1, 0.15) is 33.1 Å². The van der Waals surface area contributed by atoms with Crippen molar-refractivity contribution in [1.29, 1.82) is 0 Å². The molecule has 4 heteroatoms. The van der Waals surface area contributed by atoms with E-state index >= 15 is 0 Å². The fraction of sp³-hybridized carbons (Fsp3) is 0.727. The van der Waals surface area contributed by atoms with Crippen LogP contribution in [0.5, 0.6) is 0 Å². The molecule has 1 amide bonds. The number of amides is 1. The van der Waals surface area contributed by atoms with E-state index in [1.54, 1.807) is 11.8 Å². The summed E-state index contributed by atoms with van der Waals surface area (Å²) in [7, 11) is 0. The smallest absolute Gasteiger partial charge is 0.248 e. The Hall–Kier alpha value is -0.930. The first-order chi connectivity index (χ1) is 6.99. The van der Waals surface area contributed by atoms with Gasteiger partial charge in [-0.15, -0.1) is 0 Å². The SMILES string of the molecule is C=C(C)C(=O)N(CC)CCCCC(F)F. The largest absolute Gasteiger partial charge is 0.339 e. The molecule has 0 N–H and O–H groups in total. The second-order valence-electron chi connectivity index (χ2n) is 3.55. The van der Waals surface area contributed by atoms with Crippen LogP contribution in [0, 0.1) is 0 Å². The molecule has 0 saturated heterocycles. The van der Waals surface area contributed by atoms with E-state index in [-0.39, 0.29) is 12.3 Å². The molecule has 0 unspecified atom stereocenters. The number of hydrogen-bond donors (Lipinski definition) is 0. The predicted octanol–water partition coefficient (Wildman–Crippen LogP) is 2.85. The zero-order chi connectivity index (χ0) is 11.8. The molecule has 0 aliphatic heterocycles. The first kappa shape index (κ1) is 14.1. The van der Waals surface area contributed by atoms with E-state index in [1.165, 1.54) is 0 Å². The van der Waals surface area contributed by atoms with Crippen molar-refractivity contribution in [2.45, 2.75) is 39.5 Å². The third kappa shape index (κ3) is 6.20. The quantitative estimate of drug-likeness (QED) is 0.476. The molecule has 0 atom stereocenters. The molecule has 0 aliphatic carbocycles. The monoisotopic (exact) mass is 219 g/mol. The molecule has 0 aromatic carbocycles. The Morgan fingerprint density at radius 1 is 1.40 bits per heavy atom. The highest BCUT2D eigenvalue weighted by Gasteiger charge is 2.11. The van der Waals surface area contributed by atoms with Gasteiger partial charge in [-0.3, -0.25) is 4.79 Å². The van der Waals surface area contributed by atoms with Crippen LogP contribution in [0.2, 0.25) is 0 Å². The van der Waals surface area contributed by atoms with Gasteiger partial charge in [-0.1, -0.05) is 6.58 Å². The summed E-state index contributed by atoms with van der Waals surface area (Å²) in [5, 5.41) is 0. The van der Waals surface area contributed by atoms with Gasteiger partial charge in [-0.25, -0.2) is 8.78 Å². The summed E-state index contributed by atoms with van der Waals surface area (Å²) in [6.45, 7) is 8.23. The van der Waals surface area contributed by atoms with Gasteiger partial charge >= 0.3 is 0 Å². The van der Waals surface area contributed by atoms with E-state index in [1.807, 2.05) is 6.92 Å². The highest BCUT2D eigenvalue weighted by Crippen LogP contribution is 2.07. The van der Waals surface area contributed by atoms with Crippen LogP contribution in [0.15, 0.2) is 12.2 Å². The molecule has 0 aromatic heterocycles. The van der Waals surface area contributed by atoms with E-state index in [9.17, 15) is 13.6 Å². The maximum Gasteiger partial charge on any atom is 0.248 e. The van der Waals surface area contributed by atoms with Crippen LogP contribution in [0.3, 0.4) is 0 Å². The third-order valence-electron chi connectivity index (χ3n) is 2.13. The number of carbonyl (C=O) groups excluding carboxylic acids is 1. The van der Waals surface area contributed by atoms with E-state index in [0.717, 1.165) is 0 Å². The number of unbranched alkanes of at least 4 members (excludes halogenated alkanes) is 1. The van der Waals surface area contributed by atoms with Gasteiger partial charge in [-0.05, 0) is 26.7 Å². The predicted molar refractivity (Wildman–Crippen MR) is 56.9 cm³/mol. The Morgan fingerprint density at radius 3 is 2.40 bits per heavy atom. The maximum absolute atomic E-state index is 11.8. The lowest BCUT2D eigenvalue weighted by molar-refractivity contribution is -0.126. The summed E-state index contributed by atoms with van der Waals surface area (Å²) in [6.07, 6.45) is -1.25. The fourth-order valence-electron chi connectivity index (χ4n) is 1.27. The molecule has 0 heterocycles. The van der Waals surface area contributed by atoms with Crippen molar-refractivity contribution in [3.8, 4) is 0 Å². The summed E-state index contributed by atoms with van der Waals surface area (Å²) >= 11 is 0. The highest BCUT2D eigenvalue weighted by molar-refractivity contribution is 5.92. The summed E-state index contributed by atoms with van der Waals surface area (Å²) in [5.41, 5.74) is 0.491. The van der Waals surface area contributed by atoms with Crippen LogP contribution in [0.4, 0.5) is 8.78 Å². The highest BCUT2D eigenvalue weighted by atomic mass is 19.3. The summed E-state index contributed by atoms with van der Waals surface area (Å²) in [5.74, 6) is -0.0884. The number of likely N-dealkylation sites (N-methyl/N-ethyl adjacent to an activating group) is 1. The van der Waals surface area contributed by atoms with Crippen LogP contribution in [0.25, 0.3) is 0 Å². The van der Waals surface area contributed by atoms with Crippen molar-refractivity contribution >= 4 is 5.91 Å². The third-order valence-corrected chi connectivity index (χ3v) is 2.13. The van der Waals surface area contributed by atoms with E-state index in [0.29, 0.717) is 31.5 Å². The standard InChI is InChI=1S/C11H19F2NO/c1-4-14(11(15)9(2)3)8-6-5-7-10(12)13/h10H,2,4-8H2,1,3H3. The Morgan fingerprint density at radius 2 is 2.00 bits per heavy atom. The van der Waals surface area contributed by atoms with Gasteiger partial charge in [0, 0.05) is 25.1 Å². The van der Waals surface area contributed by atoms with Crippen molar-refractivity contribution < 1.29 is 13.6 Å². The average Bonchev–Trinajstić information content (AvgIpc) is 2.16. The van der Waals surface area contributed by atoms with Crippen LogP contribution in [-0.2, 0) is 4.79 Å². The van der Waals surface area contributed by atoms with Gasteiger partial charge in [-0.2, -0.15) is 0 Å². The zero-order valence-electron chi connectivity index (χ0n) is 9.43. The van der Waals surface area contributed by atoms with Crippen molar-refractivity contribution in [2.75, 3.05) is 13.1 Å². The lowest BCUT2D eigenvalue weighted by atomic mass is 10.2. The number of halogens is 2. The molecular weight excluding hydrogens is 200 g/mol. The lowest BCUT2D eigenvalue weighted by Gasteiger charge is -2.20. The van der Waals surface area contributed by atoms with Crippen LogP contribution in [-0.4, -0.2) is 30.3 Å². The van der Waals surface area contributed by atoms with Crippen molar-refractivity contribution in [1.82, 2.24) is 4.90 Å². The molecule has 0 bridgehead atoms. The Kier molecular flexibility index (Phi) is 6.92. The van der Waals surface area contributed by atoms with Gasteiger partial charge < -0.3 is 4.90 Å². The summed E-state index contributed by atoms with van der Waals surface area (Å²) in [6, 6.07) is 0. The van der Waals surface area contributed by atoms with E-state index in [2.05, 4.69) is 6.58 Å². The van der Waals surface area contributed by atoms with Gasteiger partial charge in [0.05, 0.1) is 0 Å². The van der Waals surface area contributed by atoms with Crippen LogP contribution >= 0.6 is 0 Å². The molecule has 2 nitrogen and oxygen atoms in total. The van der Waals surface area contributed by atoms with E-state index in [4.69, 9.17) is 0 Å². The molecular formula is C11H19F2NO. The van der Waals surface area contributed by atoms with Gasteiger partial charge in [0.15, 0.2) is 0 Å². The van der Waals surface area contributed by atoms with Gasteiger partial charge in [0.2, 0.25) is 12.3 Å². The zero-order valence-corrected chi connectivity index (χ0v) is 9.43. The minimum absolute atomic E-state index is 0.0845. The molecule has 15 heavy (non-hydrogen) atoms. The molecule has 0 aliphatic rings. The maximum atomic E-state index is 11.8. The number of alkyl halides is 2. The number of rotatable bonds is 7. The second kappa shape index (κ2) is 7.37. The molecule has 0 aromatic rings. The van der Waals surface area contributed by atoms with Crippen molar-refractivity contribution in [2.24, 2.45) is 0 Å². The number of carbonyl (C=O) groups is 1. The Labute approximate surface area is 90.0 Å². The lowest BCUT2D eigenvalue weighted by Crippen LogP contribution is -2.32.